The predicted octanol–water partition coefficient (Wildman–Crippen LogP) is 4.85. The molecule has 0 saturated carbocycles. The summed E-state index contributed by atoms with van der Waals surface area (Å²) < 4.78 is 44.5. The molecule has 0 N–H and O–H groups in total. The van der Waals surface area contributed by atoms with Gasteiger partial charge >= 0.3 is 6.18 Å². The Morgan fingerprint density at radius 1 is 1.28 bits per heavy atom. The second-order valence-electron chi connectivity index (χ2n) is 6.79. The molecule has 3 nitrogen and oxygen atoms in total. The summed E-state index contributed by atoms with van der Waals surface area (Å²) in [7, 11) is 0. The summed E-state index contributed by atoms with van der Waals surface area (Å²) in [6.45, 7) is 4.47. The molecule has 1 aliphatic rings. The first-order valence-electron chi connectivity index (χ1n) is 8.70. The van der Waals surface area contributed by atoms with E-state index in [0.717, 1.165) is 44.6 Å². The first kappa shape index (κ1) is 18.0. The third-order valence-corrected chi connectivity index (χ3v) is 4.80. The minimum Gasteiger partial charge on any atom is -0.449 e. The van der Waals surface area contributed by atoms with Gasteiger partial charge in [0.05, 0.1) is 11.3 Å². The van der Waals surface area contributed by atoms with Gasteiger partial charge in [-0.2, -0.15) is 13.2 Å². The number of oxazole rings is 1. The molecule has 0 radical (unpaired) electrons. The van der Waals surface area contributed by atoms with E-state index in [-0.39, 0.29) is 0 Å². The minimum absolute atomic E-state index is 0.402. The SMILES string of the molecule is Cc1nc(CN2CCC[C@H](CCc3ccccc3C(F)(F)F)C2)co1. The van der Waals surface area contributed by atoms with Crippen LogP contribution < -0.4 is 0 Å². The number of hydrogen-bond acceptors (Lipinski definition) is 3. The fraction of sp³-hybridized carbons (Fsp3) is 0.526. The Morgan fingerprint density at radius 3 is 2.80 bits per heavy atom. The van der Waals surface area contributed by atoms with Crippen LogP contribution in [-0.4, -0.2) is 23.0 Å². The van der Waals surface area contributed by atoms with Gasteiger partial charge in [0.1, 0.15) is 6.26 Å². The van der Waals surface area contributed by atoms with E-state index >= 15 is 0 Å². The first-order valence-corrected chi connectivity index (χ1v) is 8.70. The van der Waals surface area contributed by atoms with Crippen LogP contribution in [0.15, 0.2) is 34.9 Å². The Balaban J connectivity index is 1.57. The van der Waals surface area contributed by atoms with Crippen LogP contribution in [0, 0.1) is 12.8 Å². The summed E-state index contributed by atoms with van der Waals surface area (Å²) in [6.07, 6.45) is 0.794. The molecular weight excluding hydrogens is 329 g/mol. The van der Waals surface area contributed by atoms with Crippen molar-refractivity contribution in [3.8, 4) is 0 Å². The molecule has 0 spiro atoms. The van der Waals surface area contributed by atoms with Gasteiger partial charge in [-0.05, 0) is 49.8 Å². The van der Waals surface area contributed by atoms with Gasteiger partial charge in [0.2, 0.25) is 0 Å². The summed E-state index contributed by atoms with van der Waals surface area (Å²) in [5.74, 6) is 1.08. The Morgan fingerprint density at radius 2 is 2.08 bits per heavy atom. The Labute approximate surface area is 145 Å². The molecule has 2 heterocycles. The average molecular weight is 352 g/mol. The maximum absolute atomic E-state index is 13.1. The van der Waals surface area contributed by atoms with Crippen molar-refractivity contribution in [3.05, 3.63) is 53.2 Å². The Bertz CT molecular complexity index is 696. The topological polar surface area (TPSA) is 29.3 Å². The summed E-state index contributed by atoms with van der Waals surface area (Å²) in [5, 5.41) is 0. The van der Waals surface area contributed by atoms with Crippen molar-refractivity contribution in [1.82, 2.24) is 9.88 Å². The van der Waals surface area contributed by atoms with Crippen LogP contribution in [0.1, 0.15) is 42.0 Å². The molecular formula is C19H23F3N2O. The summed E-state index contributed by atoms with van der Waals surface area (Å²) in [6, 6.07) is 5.91. The lowest BCUT2D eigenvalue weighted by Gasteiger charge is -2.32. The smallest absolute Gasteiger partial charge is 0.416 e. The number of aromatic nitrogens is 1. The maximum Gasteiger partial charge on any atom is 0.416 e. The standard InChI is InChI=1S/C19H23F3N2O/c1-14-23-17(13-25-14)12-24-10-4-5-15(11-24)8-9-16-6-2-3-7-18(16)19(20,21)22/h2-3,6-7,13,15H,4-5,8-12H2,1H3/t15-/m1/s1. The van der Waals surface area contributed by atoms with Crippen LogP contribution in [0.5, 0.6) is 0 Å². The van der Waals surface area contributed by atoms with Crippen molar-refractivity contribution in [1.29, 1.82) is 0 Å². The fourth-order valence-electron chi connectivity index (χ4n) is 3.61. The molecule has 1 aromatic heterocycles. The second-order valence-corrected chi connectivity index (χ2v) is 6.79. The highest BCUT2D eigenvalue weighted by Crippen LogP contribution is 2.33. The van der Waals surface area contributed by atoms with Crippen molar-refractivity contribution < 1.29 is 17.6 Å². The number of alkyl halides is 3. The summed E-state index contributed by atoms with van der Waals surface area (Å²) in [5.41, 5.74) is 0.820. The quantitative estimate of drug-likeness (QED) is 0.771. The van der Waals surface area contributed by atoms with Gasteiger partial charge in [-0.3, -0.25) is 4.90 Å². The van der Waals surface area contributed by atoms with Crippen LogP contribution in [0.2, 0.25) is 0 Å². The van der Waals surface area contributed by atoms with Crippen molar-refractivity contribution in [2.45, 2.75) is 45.3 Å². The summed E-state index contributed by atoms with van der Waals surface area (Å²) >= 11 is 0. The monoisotopic (exact) mass is 352 g/mol. The van der Waals surface area contributed by atoms with Gasteiger partial charge in [0.25, 0.3) is 0 Å². The van der Waals surface area contributed by atoms with E-state index in [1.165, 1.54) is 12.1 Å². The molecule has 1 aromatic carbocycles. The van der Waals surface area contributed by atoms with Crippen LogP contribution in [0.3, 0.4) is 0 Å². The predicted molar refractivity (Wildman–Crippen MR) is 89.0 cm³/mol. The molecule has 1 aliphatic heterocycles. The Hall–Kier alpha value is -1.82. The van der Waals surface area contributed by atoms with E-state index in [1.54, 1.807) is 18.4 Å². The van der Waals surface area contributed by atoms with Crippen molar-refractivity contribution in [2.75, 3.05) is 13.1 Å². The highest BCUT2D eigenvalue weighted by atomic mass is 19.4. The number of hydrogen-bond donors (Lipinski definition) is 0. The average Bonchev–Trinajstić information content (AvgIpc) is 2.98. The van der Waals surface area contributed by atoms with Gasteiger partial charge in [0.15, 0.2) is 5.89 Å². The van der Waals surface area contributed by atoms with Gasteiger partial charge in [-0.15, -0.1) is 0 Å². The highest BCUT2D eigenvalue weighted by Gasteiger charge is 2.33. The van der Waals surface area contributed by atoms with Gasteiger partial charge in [-0.1, -0.05) is 18.2 Å². The molecule has 1 saturated heterocycles. The molecule has 6 heteroatoms. The number of piperidine rings is 1. The van der Waals surface area contributed by atoms with Gasteiger partial charge < -0.3 is 4.42 Å². The van der Waals surface area contributed by atoms with Crippen LogP contribution in [0.25, 0.3) is 0 Å². The highest BCUT2D eigenvalue weighted by molar-refractivity contribution is 5.29. The number of nitrogens with zero attached hydrogens (tertiary/aromatic N) is 2. The number of likely N-dealkylation sites (tertiary alicyclic amines) is 1. The zero-order chi connectivity index (χ0) is 17.9. The van der Waals surface area contributed by atoms with Gasteiger partial charge in [-0.25, -0.2) is 4.98 Å². The molecule has 0 aliphatic carbocycles. The molecule has 1 atom stereocenters. The summed E-state index contributed by atoms with van der Waals surface area (Å²) in [4.78, 5) is 6.65. The number of rotatable bonds is 5. The largest absolute Gasteiger partial charge is 0.449 e. The number of benzene rings is 1. The zero-order valence-electron chi connectivity index (χ0n) is 14.4. The number of halogens is 3. The Kier molecular flexibility index (Phi) is 5.47. The van der Waals surface area contributed by atoms with E-state index in [4.69, 9.17) is 4.42 Å². The zero-order valence-corrected chi connectivity index (χ0v) is 14.4. The first-order chi connectivity index (χ1) is 11.9. The molecule has 2 aromatic rings. The maximum atomic E-state index is 13.1. The van der Waals surface area contributed by atoms with Gasteiger partial charge in [0, 0.05) is 20.0 Å². The van der Waals surface area contributed by atoms with E-state index in [9.17, 15) is 13.2 Å². The lowest BCUT2D eigenvalue weighted by atomic mass is 9.90. The molecule has 0 bridgehead atoms. The third kappa shape index (κ3) is 4.84. The van der Waals surface area contributed by atoms with E-state index in [0.29, 0.717) is 23.8 Å². The molecule has 1 fully saturated rings. The molecule has 0 amide bonds. The van der Waals surface area contributed by atoms with E-state index < -0.39 is 11.7 Å². The molecule has 136 valence electrons. The molecule has 25 heavy (non-hydrogen) atoms. The molecule has 0 unspecified atom stereocenters. The van der Waals surface area contributed by atoms with Crippen LogP contribution in [-0.2, 0) is 19.1 Å². The van der Waals surface area contributed by atoms with Crippen LogP contribution >= 0.6 is 0 Å². The fourth-order valence-corrected chi connectivity index (χ4v) is 3.61. The third-order valence-electron chi connectivity index (χ3n) is 4.80. The van der Waals surface area contributed by atoms with E-state index in [1.807, 2.05) is 6.92 Å². The van der Waals surface area contributed by atoms with Crippen molar-refractivity contribution in [2.24, 2.45) is 5.92 Å². The van der Waals surface area contributed by atoms with E-state index in [2.05, 4.69) is 9.88 Å². The molecule has 3 rings (SSSR count). The van der Waals surface area contributed by atoms with Crippen molar-refractivity contribution in [3.63, 3.8) is 0 Å². The minimum atomic E-state index is -4.28. The number of aryl methyl sites for hydroxylation is 2. The van der Waals surface area contributed by atoms with Crippen molar-refractivity contribution >= 4 is 0 Å². The lowest BCUT2D eigenvalue weighted by molar-refractivity contribution is -0.138. The lowest BCUT2D eigenvalue weighted by Crippen LogP contribution is -2.35. The normalized spacial score (nSPS) is 19.3. The second kappa shape index (κ2) is 7.60. The van der Waals surface area contributed by atoms with Crippen LogP contribution in [0.4, 0.5) is 13.2 Å².